The number of hydrogen-bond acceptors (Lipinski definition) is 3. The lowest BCUT2D eigenvalue weighted by Crippen LogP contribution is -2.61. The van der Waals surface area contributed by atoms with Gasteiger partial charge < -0.3 is 14.7 Å². The molecule has 1 saturated carbocycles. The van der Waals surface area contributed by atoms with Crippen LogP contribution in [0.1, 0.15) is 194 Å². The average Bonchev–Trinajstić information content (AvgIpc) is 3.87. The summed E-state index contributed by atoms with van der Waals surface area (Å²) in [6.45, 7) is 40.8. The van der Waals surface area contributed by atoms with Gasteiger partial charge in [-0.2, -0.15) is 0 Å². The van der Waals surface area contributed by atoms with Crippen molar-refractivity contribution in [2.24, 2.45) is 0 Å². The summed E-state index contributed by atoms with van der Waals surface area (Å²) in [5.74, 6) is 0. The van der Waals surface area contributed by atoms with Crippen molar-refractivity contribution in [2.75, 3.05) is 14.7 Å². The predicted molar refractivity (Wildman–Crippen MR) is 338 cm³/mol. The van der Waals surface area contributed by atoms with E-state index >= 15 is 0 Å². The Morgan fingerprint density at radius 2 is 0.987 bits per heavy atom. The van der Waals surface area contributed by atoms with Crippen LogP contribution >= 0.6 is 0 Å². The topological polar surface area (TPSA) is 9.72 Å². The molecule has 2 unspecified atom stereocenters. The van der Waals surface area contributed by atoms with Gasteiger partial charge in [0.1, 0.15) is 0 Å². The summed E-state index contributed by atoms with van der Waals surface area (Å²) in [4.78, 5) is 8.33. The monoisotopic (exact) mass is 1030 g/mol. The largest absolute Gasteiger partial charge is 0.335 e. The van der Waals surface area contributed by atoms with E-state index in [-0.39, 0.29) is 44.7 Å². The third-order valence-electron chi connectivity index (χ3n) is 19.5. The molecule has 2 atom stereocenters. The van der Waals surface area contributed by atoms with Crippen LogP contribution in [-0.4, -0.2) is 12.3 Å². The highest BCUT2D eigenvalue weighted by molar-refractivity contribution is 7.03. The Bertz CT molecular complexity index is 3510. The van der Waals surface area contributed by atoms with E-state index in [0.29, 0.717) is 0 Å². The van der Waals surface area contributed by atoms with Crippen molar-refractivity contribution >= 4 is 62.9 Å². The van der Waals surface area contributed by atoms with Gasteiger partial charge in [0.15, 0.2) is 0 Å². The number of fused-ring (bicyclic) bond motifs is 8. The minimum atomic E-state index is -0.156. The zero-order valence-electron chi connectivity index (χ0n) is 50.4. The van der Waals surface area contributed by atoms with Crippen molar-refractivity contribution in [3.63, 3.8) is 0 Å². The molecule has 5 aliphatic rings. The molecule has 3 nitrogen and oxygen atoms in total. The van der Waals surface area contributed by atoms with Gasteiger partial charge in [0.25, 0.3) is 6.71 Å². The van der Waals surface area contributed by atoms with E-state index in [1.54, 1.807) is 5.56 Å². The van der Waals surface area contributed by atoms with Crippen LogP contribution in [-0.2, 0) is 38.9 Å². The predicted octanol–water partition coefficient (Wildman–Crippen LogP) is 19.0. The maximum absolute atomic E-state index is 2.95. The van der Waals surface area contributed by atoms with Gasteiger partial charge in [-0.3, -0.25) is 0 Å². The highest BCUT2D eigenvalue weighted by Crippen LogP contribution is 2.64. The third-order valence-corrected chi connectivity index (χ3v) is 19.5. The van der Waals surface area contributed by atoms with Crippen LogP contribution in [0, 0.1) is 0 Å². The molecule has 7 aromatic carbocycles. The molecule has 7 aromatic rings. The summed E-state index contributed by atoms with van der Waals surface area (Å²) in [5, 5.41) is 0. The molecule has 1 fully saturated rings. The van der Waals surface area contributed by atoms with Crippen LogP contribution in [0.25, 0.3) is 16.6 Å². The van der Waals surface area contributed by atoms with Gasteiger partial charge in [-0.1, -0.05) is 215 Å². The van der Waals surface area contributed by atoms with Gasteiger partial charge in [0.2, 0.25) is 0 Å². The first kappa shape index (κ1) is 52.4. The lowest BCUT2D eigenvalue weighted by molar-refractivity contribution is 0.195. The van der Waals surface area contributed by atoms with E-state index in [4.69, 9.17) is 0 Å². The highest BCUT2D eigenvalue weighted by atomic mass is 15.3. The average molecular weight is 1030 g/mol. The van der Waals surface area contributed by atoms with Crippen molar-refractivity contribution in [2.45, 2.75) is 194 Å². The molecule has 2 aliphatic carbocycles. The molecule has 0 spiro atoms. The number of aryl methyl sites for hydroxylation is 1. The second kappa shape index (κ2) is 17.6. The molecule has 0 radical (unpaired) electrons. The molecular formula is C74H86BN3. The van der Waals surface area contributed by atoms with Crippen molar-refractivity contribution in [3.05, 3.63) is 190 Å². The number of benzene rings is 7. The van der Waals surface area contributed by atoms with Crippen LogP contribution in [0.5, 0.6) is 0 Å². The first-order valence-corrected chi connectivity index (χ1v) is 29.6. The highest BCUT2D eigenvalue weighted by Gasteiger charge is 2.62. The maximum atomic E-state index is 2.95. The lowest BCUT2D eigenvalue weighted by atomic mass is 9.31. The van der Waals surface area contributed by atoms with Crippen molar-refractivity contribution in [1.82, 2.24) is 0 Å². The fraction of sp³-hybridized carbons (Fsp3) is 0.405. The normalized spacial score (nSPS) is 19.8. The maximum Gasteiger partial charge on any atom is 0.252 e. The van der Waals surface area contributed by atoms with Gasteiger partial charge in [-0.05, 0) is 175 Å². The quantitative estimate of drug-likeness (QED) is 0.159. The number of hydrogen-bond donors (Lipinski definition) is 0. The first-order valence-electron chi connectivity index (χ1n) is 29.6. The summed E-state index contributed by atoms with van der Waals surface area (Å²) < 4.78 is 0. The molecule has 0 bridgehead atoms. The molecule has 12 rings (SSSR count). The summed E-state index contributed by atoms with van der Waals surface area (Å²) in [5.41, 5.74) is 28.3. The van der Waals surface area contributed by atoms with E-state index in [0.717, 1.165) is 19.3 Å². The SMILES string of the molecule is CC(C)(C)c1ccc(N(c2ccc(C(C)(C)C)cc2)c2cc3c4c(c2)N2c5c(cc(C(C)(C)C)cc5C5(C)CCCCC25C)B4C2=C(CCc4ccc(C(C)(C)C)cc42)N3c2ccc(C(C)(C)C)cc2-c2ccccc2)cc1. The van der Waals surface area contributed by atoms with E-state index in [1.807, 2.05) is 0 Å². The van der Waals surface area contributed by atoms with Crippen LogP contribution in [0.4, 0.5) is 39.8 Å². The summed E-state index contributed by atoms with van der Waals surface area (Å²) >= 11 is 0. The first-order chi connectivity index (χ1) is 36.6. The van der Waals surface area contributed by atoms with Crippen molar-refractivity contribution in [1.29, 1.82) is 0 Å². The van der Waals surface area contributed by atoms with Crippen LogP contribution < -0.4 is 25.6 Å². The lowest BCUT2D eigenvalue weighted by Gasteiger charge is -2.53. The Hall–Kier alpha value is -6.26. The van der Waals surface area contributed by atoms with Gasteiger partial charge in [-0.15, -0.1) is 0 Å². The second-order valence-corrected chi connectivity index (χ2v) is 29.8. The molecular weight excluding hydrogens is 942 g/mol. The summed E-state index contributed by atoms with van der Waals surface area (Å²) in [6.07, 6.45) is 6.71. The number of allylic oxidation sites excluding steroid dienone is 1. The molecule has 3 heterocycles. The molecule has 78 heavy (non-hydrogen) atoms. The fourth-order valence-corrected chi connectivity index (χ4v) is 14.5. The Balaban J connectivity index is 1.26. The van der Waals surface area contributed by atoms with Crippen molar-refractivity contribution in [3.8, 4) is 11.1 Å². The molecule has 400 valence electrons. The Labute approximate surface area is 470 Å². The third kappa shape index (κ3) is 8.18. The van der Waals surface area contributed by atoms with Crippen molar-refractivity contribution < 1.29 is 0 Å². The van der Waals surface area contributed by atoms with Gasteiger partial charge in [0, 0.05) is 45.1 Å². The smallest absolute Gasteiger partial charge is 0.252 e. The summed E-state index contributed by atoms with van der Waals surface area (Å²) in [7, 11) is 0. The van der Waals surface area contributed by atoms with Crippen LogP contribution in [0.3, 0.4) is 0 Å². The van der Waals surface area contributed by atoms with E-state index in [1.165, 1.54) is 131 Å². The Kier molecular flexibility index (Phi) is 11.8. The fourth-order valence-electron chi connectivity index (χ4n) is 14.5. The molecule has 4 heteroatoms. The van der Waals surface area contributed by atoms with Crippen LogP contribution in [0.2, 0.25) is 0 Å². The molecule has 0 amide bonds. The molecule has 0 N–H and O–H groups in total. The number of nitrogens with zero attached hydrogens (tertiary/aromatic N) is 3. The zero-order chi connectivity index (χ0) is 55.4. The van der Waals surface area contributed by atoms with E-state index in [9.17, 15) is 0 Å². The number of rotatable bonds is 5. The minimum absolute atomic E-state index is 0.0158. The zero-order valence-corrected chi connectivity index (χ0v) is 50.4. The molecule has 0 saturated heterocycles. The van der Waals surface area contributed by atoms with Gasteiger partial charge >= 0.3 is 0 Å². The molecule has 0 aromatic heterocycles. The Morgan fingerprint density at radius 3 is 1.56 bits per heavy atom. The second-order valence-electron chi connectivity index (χ2n) is 29.8. The van der Waals surface area contributed by atoms with Gasteiger partial charge in [-0.25, -0.2) is 0 Å². The van der Waals surface area contributed by atoms with Gasteiger partial charge in [0.05, 0.1) is 16.9 Å². The van der Waals surface area contributed by atoms with Crippen LogP contribution in [0.15, 0.2) is 145 Å². The van der Waals surface area contributed by atoms with E-state index in [2.05, 4.69) is 272 Å². The number of anilines is 7. The molecule has 3 aliphatic heterocycles. The minimum Gasteiger partial charge on any atom is -0.335 e. The Morgan fingerprint density at radius 1 is 0.462 bits per heavy atom. The standard InChI is InChI=1S/C74H86BN3/c1-68(2,3)49-28-33-54(34-29-49)76(55-35-30-50(31-36-55)69(4,5)6)56-45-63-66-64(46-56)78-67-59(73(16)39-21-22-40-74(73,78)17)43-53(72(13,14)15)44-60(67)75(66)65-58-42-51(70(7,8)9)27-25-48(58)26-37-62(65)77(63)61-38-32-52(71(10,11)12)41-57(61)47-23-19-18-20-24-47/h18-20,23-25,27-36,38,41-46H,21-22,26,37,39-40H2,1-17H3. The van der Waals surface area contributed by atoms with E-state index < -0.39 is 0 Å². The summed E-state index contributed by atoms with van der Waals surface area (Å²) in [6, 6.07) is 55.9.